The third-order valence-corrected chi connectivity index (χ3v) is 2.96. The Morgan fingerprint density at radius 2 is 1.84 bits per heavy atom. The molecule has 1 rings (SSSR count). The summed E-state index contributed by atoms with van der Waals surface area (Å²) in [5.74, 6) is -0.554. The highest BCUT2D eigenvalue weighted by Crippen LogP contribution is 2.19. The molecule has 0 spiro atoms. The van der Waals surface area contributed by atoms with Crippen molar-refractivity contribution in [3.05, 3.63) is 29.0 Å². The summed E-state index contributed by atoms with van der Waals surface area (Å²) in [6, 6.07) is 3.93. The molecule has 0 aliphatic carbocycles. The summed E-state index contributed by atoms with van der Waals surface area (Å²) in [6.45, 7) is -1.52. The molecule has 0 fully saturated rings. The van der Waals surface area contributed by atoms with Crippen molar-refractivity contribution in [1.29, 1.82) is 0 Å². The number of aliphatic hydroxyl groups excluding tert-OH is 3. The van der Waals surface area contributed by atoms with Crippen molar-refractivity contribution in [1.82, 2.24) is 5.32 Å². The lowest BCUT2D eigenvalue weighted by molar-refractivity contribution is 0.0563. The highest BCUT2D eigenvalue weighted by Gasteiger charge is 2.28. The molecule has 0 unspecified atom stereocenters. The number of benzene rings is 1. The van der Waals surface area contributed by atoms with E-state index in [0.717, 1.165) is 0 Å². The Kier molecular flexibility index (Phi) is 5.89. The number of thiocarbonyl (C=S) groups is 1. The lowest BCUT2D eigenvalue weighted by Gasteiger charge is -2.30. The molecule has 0 amide bonds. The Balaban J connectivity index is 2.71. The molecule has 0 atom stereocenters. The molecule has 5 N–H and O–H groups in total. The predicted molar refractivity (Wildman–Crippen MR) is 74.8 cm³/mol. The lowest BCUT2D eigenvalue weighted by atomic mass is 10.0. The SMILES string of the molecule is OCC(CO)(CO)NC(=S)Nc1ccc(F)c(Cl)c1. The first kappa shape index (κ1) is 16.1. The second kappa shape index (κ2) is 6.97. The number of nitrogens with one attached hydrogen (secondary N) is 2. The van der Waals surface area contributed by atoms with Gasteiger partial charge in [0.2, 0.25) is 0 Å². The van der Waals surface area contributed by atoms with E-state index in [4.69, 9.17) is 39.1 Å². The zero-order valence-electron chi connectivity index (χ0n) is 9.86. The standard InChI is InChI=1S/C11H14ClFN2O3S/c12-8-3-7(1-2-9(8)13)14-10(19)15-11(4-16,5-17)6-18/h1-3,16-18H,4-6H2,(H2,14,15,19). The maximum absolute atomic E-state index is 13.0. The van der Waals surface area contributed by atoms with Crippen molar-refractivity contribution in [2.75, 3.05) is 25.1 Å². The van der Waals surface area contributed by atoms with Crippen LogP contribution in [-0.4, -0.2) is 45.8 Å². The summed E-state index contributed by atoms with van der Waals surface area (Å²) in [4.78, 5) is 0. The van der Waals surface area contributed by atoms with Crippen LogP contribution in [0.5, 0.6) is 0 Å². The molecule has 19 heavy (non-hydrogen) atoms. The van der Waals surface area contributed by atoms with Crippen molar-refractivity contribution in [2.45, 2.75) is 5.54 Å². The predicted octanol–water partition coefficient (Wildman–Crippen LogP) is 0.481. The monoisotopic (exact) mass is 308 g/mol. The topological polar surface area (TPSA) is 84.8 Å². The molecule has 0 saturated carbocycles. The Morgan fingerprint density at radius 3 is 2.32 bits per heavy atom. The van der Waals surface area contributed by atoms with Crippen LogP contribution >= 0.6 is 23.8 Å². The van der Waals surface area contributed by atoms with E-state index < -0.39 is 31.2 Å². The fourth-order valence-electron chi connectivity index (χ4n) is 1.25. The van der Waals surface area contributed by atoms with Crippen LogP contribution in [0.15, 0.2) is 18.2 Å². The Morgan fingerprint density at radius 1 is 1.26 bits per heavy atom. The smallest absolute Gasteiger partial charge is 0.171 e. The zero-order chi connectivity index (χ0) is 14.5. The van der Waals surface area contributed by atoms with Gasteiger partial charge in [0.15, 0.2) is 5.11 Å². The summed E-state index contributed by atoms with van der Waals surface area (Å²) < 4.78 is 13.0. The molecule has 0 aliphatic heterocycles. The van der Waals surface area contributed by atoms with Crippen LogP contribution in [0.25, 0.3) is 0 Å². The Bertz CT molecular complexity index is 449. The number of halogens is 2. The van der Waals surface area contributed by atoms with Crippen LogP contribution < -0.4 is 10.6 Å². The van der Waals surface area contributed by atoms with E-state index in [1.54, 1.807) is 0 Å². The minimum absolute atomic E-state index is 0.0554. The highest BCUT2D eigenvalue weighted by molar-refractivity contribution is 7.80. The molecule has 0 aliphatic rings. The lowest BCUT2D eigenvalue weighted by Crippen LogP contribution is -2.58. The molecular formula is C11H14ClFN2O3S. The van der Waals surface area contributed by atoms with Gasteiger partial charge in [-0.3, -0.25) is 0 Å². The van der Waals surface area contributed by atoms with Gasteiger partial charge in [-0.05, 0) is 30.4 Å². The summed E-state index contributed by atoms with van der Waals surface area (Å²) in [7, 11) is 0. The third-order valence-electron chi connectivity index (χ3n) is 2.46. The fourth-order valence-corrected chi connectivity index (χ4v) is 1.76. The molecule has 1 aromatic rings. The van der Waals surface area contributed by atoms with Crippen LogP contribution in [0, 0.1) is 5.82 Å². The van der Waals surface area contributed by atoms with Crippen LogP contribution in [0.3, 0.4) is 0 Å². The van der Waals surface area contributed by atoms with Crippen molar-refractivity contribution >= 4 is 34.6 Å². The summed E-state index contributed by atoms with van der Waals surface area (Å²) >= 11 is 10.6. The van der Waals surface area contributed by atoms with E-state index in [1.807, 2.05) is 0 Å². The number of aliphatic hydroxyl groups is 3. The second-order valence-electron chi connectivity index (χ2n) is 3.96. The van der Waals surface area contributed by atoms with Gasteiger partial charge in [-0.15, -0.1) is 0 Å². The normalized spacial score (nSPS) is 11.2. The first-order chi connectivity index (χ1) is 8.96. The first-order valence-electron chi connectivity index (χ1n) is 5.33. The molecule has 0 saturated heterocycles. The maximum atomic E-state index is 13.0. The number of anilines is 1. The van der Waals surface area contributed by atoms with Crippen molar-refractivity contribution in [3.63, 3.8) is 0 Å². The van der Waals surface area contributed by atoms with Crippen LogP contribution in [0.4, 0.5) is 10.1 Å². The summed E-state index contributed by atoms with van der Waals surface area (Å²) in [5, 5.41) is 32.7. The minimum atomic E-state index is -1.33. The quantitative estimate of drug-likeness (QED) is 0.509. The van der Waals surface area contributed by atoms with Gasteiger partial charge in [0, 0.05) is 5.69 Å². The van der Waals surface area contributed by atoms with Gasteiger partial charge in [-0.25, -0.2) is 4.39 Å². The Hall–Kier alpha value is -0.990. The zero-order valence-corrected chi connectivity index (χ0v) is 11.4. The summed E-state index contributed by atoms with van der Waals surface area (Å²) in [5.41, 5.74) is -0.889. The first-order valence-corrected chi connectivity index (χ1v) is 6.12. The summed E-state index contributed by atoms with van der Waals surface area (Å²) in [6.07, 6.45) is 0. The van der Waals surface area contributed by atoms with Gasteiger partial charge in [0.05, 0.1) is 24.8 Å². The molecule has 0 heterocycles. The molecule has 8 heteroatoms. The molecule has 5 nitrogen and oxygen atoms in total. The second-order valence-corrected chi connectivity index (χ2v) is 4.78. The van der Waals surface area contributed by atoms with E-state index in [1.165, 1.54) is 18.2 Å². The Labute approximate surface area is 120 Å². The minimum Gasteiger partial charge on any atom is -0.394 e. The van der Waals surface area contributed by atoms with Gasteiger partial charge in [0.25, 0.3) is 0 Å². The molecular weight excluding hydrogens is 295 g/mol. The molecule has 1 aromatic carbocycles. The van der Waals surface area contributed by atoms with Crippen LogP contribution in [0.2, 0.25) is 5.02 Å². The fraction of sp³-hybridized carbons (Fsp3) is 0.364. The van der Waals surface area contributed by atoms with Crippen molar-refractivity contribution in [3.8, 4) is 0 Å². The van der Waals surface area contributed by atoms with E-state index in [9.17, 15) is 4.39 Å². The molecule has 0 bridgehead atoms. The van der Waals surface area contributed by atoms with Gasteiger partial charge >= 0.3 is 0 Å². The van der Waals surface area contributed by atoms with Crippen LogP contribution in [-0.2, 0) is 0 Å². The van der Waals surface area contributed by atoms with Gasteiger partial charge < -0.3 is 26.0 Å². The van der Waals surface area contributed by atoms with Gasteiger partial charge in [-0.1, -0.05) is 11.6 Å². The molecule has 0 aromatic heterocycles. The van der Waals surface area contributed by atoms with Gasteiger partial charge in [-0.2, -0.15) is 0 Å². The molecule has 0 radical (unpaired) electrons. The average Bonchev–Trinajstić information content (AvgIpc) is 2.40. The third kappa shape index (κ3) is 4.26. The number of rotatable bonds is 5. The van der Waals surface area contributed by atoms with E-state index in [-0.39, 0.29) is 10.1 Å². The maximum Gasteiger partial charge on any atom is 0.171 e. The van der Waals surface area contributed by atoms with Crippen molar-refractivity contribution in [2.24, 2.45) is 0 Å². The number of hydrogen-bond donors (Lipinski definition) is 5. The van der Waals surface area contributed by atoms with E-state index >= 15 is 0 Å². The van der Waals surface area contributed by atoms with E-state index in [2.05, 4.69) is 10.6 Å². The van der Waals surface area contributed by atoms with E-state index in [0.29, 0.717) is 5.69 Å². The average molecular weight is 309 g/mol. The largest absolute Gasteiger partial charge is 0.394 e. The van der Waals surface area contributed by atoms with Gasteiger partial charge in [0.1, 0.15) is 11.4 Å². The molecule has 106 valence electrons. The highest BCUT2D eigenvalue weighted by atomic mass is 35.5. The number of hydrogen-bond acceptors (Lipinski definition) is 4. The van der Waals surface area contributed by atoms with Crippen LogP contribution in [0.1, 0.15) is 0 Å². The van der Waals surface area contributed by atoms with Crippen molar-refractivity contribution < 1.29 is 19.7 Å².